The summed E-state index contributed by atoms with van der Waals surface area (Å²) in [6.07, 6.45) is 1.91. The number of halogens is 2. The summed E-state index contributed by atoms with van der Waals surface area (Å²) >= 11 is 13.2. The van der Waals surface area contributed by atoms with Crippen molar-refractivity contribution in [3.63, 3.8) is 0 Å². The fourth-order valence-corrected chi connectivity index (χ4v) is 3.80. The van der Waals surface area contributed by atoms with Gasteiger partial charge in [0.1, 0.15) is 4.34 Å². The van der Waals surface area contributed by atoms with Crippen molar-refractivity contribution in [1.29, 1.82) is 0 Å². The maximum absolute atomic E-state index is 12.4. The number of carbonyl (C=O) groups is 1. The highest BCUT2D eigenvalue weighted by atomic mass is 35.5. The lowest BCUT2D eigenvalue weighted by molar-refractivity contribution is 0.0327. The molecule has 1 aromatic rings. The molecule has 0 saturated carbocycles. The molecule has 4 nitrogen and oxygen atoms in total. The van der Waals surface area contributed by atoms with Crippen molar-refractivity contribution in [3.05, 3.63) is 20.3 Å². The molecule has 0 atom stereocenters. The van der Waals surface area contributed by atoms with Crippen LogP contribution in [0, 0.1) is 5.92 Å². The highest BCUT2D eigenvalue weighted by molar-refractivity contribution is 7.20. The molecule has 0 N–H and O–H groups in total. The van der Waals surface area contributed by atoms with Crippen LogP contribution in [0.4, 0.5) is 0 Å². The third kappa shape index (κ3) is 4.83. The van der Waals surface area contributed by atoms with E-state index in [0.29, 0.717) is 33.4 Å². The molecule has 0 unspecified atom stereocenters. The molecule has 1 fully saturated rings. The van der Waals surface area contributed by atoms with Gasteiger partial charge in [-0.15, -0.1) is 11.3 Å². The van der Waals surface area contributed by atoms with Crippen LogP contribution in [0.1, 0.15) is 23.2 Å². The molecule has 1 aromatic heterocycles. The number of methoxy groups -OCH3 is 1. The molecule has 2 rings (SSSR count). The number of hydrogen-bond acceptors (Lipinski definition) is 4. The Hall–Kier alpha value is -0.330. The van der Waals surface area contributed by atoms with Crippen molar-refractivity contribution in [2.75, 3.05) is 40.0 Å². The highest BCUT2D eigenvalue weighted by Gasteiger charge is 2.26. The Kier molecular flexibility index (Phi) is 6.76. The molecule has 1 aliphatic heterocycles. The Morgan fingerprint density at radius 2 is 2.10 bits per heavy atom. The lowest BCUT2D eigenvalue weighted by Crippen LogP contribution is -2.39. The number of ether oxygens (including phenoxy) is 2. The van der Waals surface area contributed by atoms with Crippen LogP contribution < -0.4 is 0 Å². The molecule has 0 aromatic carbocycles. The molecule has 2 heterocycles. The predicted molar refractivity (Wildman–Crippen MR) is 85.7 cm³/mol. The Balaban J connectivity index is 1.78. The maximum atomic E-state index is 12.4. The summed E-state index contributed by atoms with van der Waals surface area (Å²) < 4.78 is 11.5. The number of nitrogens with zero attached hydrogens (tertiary/aromatic N) is 1. The van der Waals surface area contributed by atoms with E-state index in [4.69, 9.17) is 32.7 Å². The standard InChI is InChI=1S/C14H19Cl2NO3S/c1-19-6-7-20-9-10-2-4-17(5-3-10)14(18)11-8-12(15)21-13(11)16/h8,10H,2-7,9H2,1H3. The average Bonchev–Trinajstić information content (AvgIpc) is 2.82. The van der Waals surface area contributed by atoms with E-state index < -0.39 is 0 Å². The first kappa shape index (κ1) is 17.0. The molecule has 0 radical (unpaired) electrons. The third-order valence-corrected chi connectivity index (χ3v) is 5.06. The van der Waals surface area contributed by atoms with Crippen molar-refractivity contribution in [2.24, 2.45) is 5.92 Å². The second-order valence-electron chi connectivity index (χ2n) is 5.04. The Bertz CT molecular complexity index is 473. The molecule has 1 amide bonds. The zero-order chi connectivity index (χ0) is 15.2. The summed E-state index contributed by atoms with van der Waals surface area (Å²) in [5, 5.41) is 0. The average molecular weight is 352 g/mol. The van der Waals surface area contributed by atoms with Crippen LogP contribution in [-0.4, -0.2) is 50.8 Å². The first-order chi connectivity index (χ1) is 10.1. The monoisotopic (exact) mass is 351 g/mol. The summed E-state index contributed by atoms with van der Waals surface area (Å²) in [6.45, 7) is 3.45. The van der Waals surface area contributed by atoms with Crippen molar-refractivity contribution in [2.45, 2.75) is 12.8 Å². The molecule has 1 aliphatic rings. The van der Waals surface area contributed by atoms with Gasteiger partial charge in [-0.3, -0.25) is 4.79 Å². The van der Waals surface area contributed by atoms with Gasteiger partial charge in [0, 0.05) is 26.8 Å². The predicted octanol–water partition coefficient (Wildman–Crippen LogP) is 3.57. The fraction of sp³-hybridized carbons (Fsp3) is 0.643. The number of carbonyl (C=O) groups excluding carboxylic acids is 1. The molecule has 0 bridgehead atoms. The van der Waals surface area contributed by atoms with Crippen LogP contribution in [0.25, 0.3) is 0 Å². The van der Waals surface area contributed by atoms with Crippen molar-refractivity contribution in [1.82, 2.24) is 4.90 Å². The van der Waals surface area contributed by atoms with Gasteiger partial charge in [0.2, 0.25) is 0 Å². The van der Waals surface area contributed by atoms with Gasteiger partial charge in [-0.05, 0) is 24.8 Å². The number of thiophene rings is 1. The lowest BCUT2D eigenvalue weighted by Gasteiger charge is -2.31. The smallest absolute Gasteiger partial charge is 0.256 e. The second kappa shape index (κ2) is 8.34. The summed E-state index contributed by atoms with van der Waals surface area (Å²) in [5.74, 6) is 0.481. The van der Waals surface area contributed by atoms with E-state index in [1.807, 2.05) is 4.90 Å². The summed E-state index contributed by atoms with van der Waals surface area (Å²) in [5.41, 5.74) is 0.515. The minimum atomic E-state index is -0.0260. The molecular formula is C14H19Cl2NO3S. The van der Waals surface area contributed by atoms with E-state index >= 15 is 0 Å². The van der Waals surface area contributed by atoms with Crippen molar-refractivity contribution < 1.29 is 14.3 Å². The van der Waals surface area contributed by atoms with Gasteiger partial charge < -0.3 is 14.4 Å². The summed E-state index contributed by atoms with van der Waals surface area (Å²) in [4.78, 5) is 14.2. The van der Waals surface area contributed by atoms with E-state index in [1.54, 1.807) is 13.2 Å². The van der Waals surface area contributed by atoms with E-state index in [0.717, 1.165) is 32.5 Å². The minimum absolute atomic E-state index is 0.0260. The van der Waals surface area contributed by atoms with E-state index in [2.05, 4.69) is 0 Å². The van der Waals surface area contributed by atoms with Gasteiger partial charge in [0.05, 0.1) is 23.1 Å². The van der Waals surface area contributed by atoms with E-state index in [1.165, 1.54) is 11.3 Å². The highest BCUT2D eigenvalue weighted by Crippen LogP contribution is 2.32. The summed E-state index contributed by atoms with van der Waals surface area (Å²) in [6, 6.07) is 1.65. The van der Waals surface area contributed by atoms with Crippen molar-refractivity contribution in [3.8, 4) is 0 Å². The van der Waals surface area contributed by atoms with E-state index in [-0.39, 0.29) is 5.91 Å². The van der Waals surface area contributed by atoms with Crippen LogP contribution in [0.2, 0.25) is 8.67 Å². The molecule has 0 spiro atoms. The summed E-state index contributed by atoms with van der Waals surface area (Å²) in [7, 11) is 1.66. The van der Waals surface area contributed by atoms with Gasteiger partial charge in [-0.25, -0.2) is 0 Å². The quantitative estimate of drug-likeness (QED) is 0.735. The molecule has 118 valence electrons. The van der Waals surface area contributed by atoms with Crippen LogP contribution >= 0.6 is 34.5 Å². The van der Waals surface area contributed by atoms with Gasteiger partial charge in [0.25, 0.3) is 5.91 Å². The van der Waals surface area contributed by atoms with Gasteiger partial charge >= 0.3 is 0 Å². The normalized spacial score (nSPS) is 16.4. The molecular weight excluding hydrogens is 333 g/mol. The molecule has 1 saturated heterocycles. The maximum Gasteiger partial charge on any atom is 0.256 e. The van der Waals surface area contributed by atoms with Crippen LogP contribution in [0.15, 0.2) is 6.07 Å². The number of likely N-dealkylation sites (tertiary alicyclic amines) is 1. The first-order valence-corrected chi connectivity index (χ1v) is 8.50. The lowest BCUT2D eigenvalue weighted by atomic mass is 9.97. The Labute approximate surface area is 138 Å². The van der Waals surface area contributed by atoms with Gasteiger partial charge in [-0.2, -0.15) is 0 Å². The Morgan fingerprint density at radius 1 is 1.38 bits per heavy atom. The number of rotatable bonds is 6. The largest absolute Gasteiger partial charge is 0.382 e. The van der Waals surface area contributed by atoms with Crippen LogP contribution in [0.5, 0.6) is 0 Å². The van der Waals surface area contributed by atoms with Gasteiger partial charge in [-0.1, -0.05) is 23.2 Å². The van der Waals surface area contributed by atoms with Crippen LogP contribution in [-0.2, 0) is 9.47 Å². The number of amides is 1. The molecule has 0 aliphatic carbocycles. The number of hydrogen-bond donors (Lipinski definition) is 0. The molecule has 7 heteroatoms. The number of piperidine rings is 1. The molecule has 21 heavy (non-hydrogen) atoms. The first-order valence-electron chi connectivity index (χ1n) is 6.92. The minimum Gasteiger partial charge on any atom is -0.382 e. The zero-order valence-electron chi connectivity index (χ0n) is 11.9. The van der Waals surface area contributed by atoms with E-state index in [9.17, 15) is 4.79 Å². The topological polar surface area (TPSA) is 38.8 Å². The Morgan fingerprint density at radius 3 is 2.67 bits per heavy atom. The second-order valence-corrected chi connectivity index (χ2v) is 7.33. The van der Waals surface area contributed by atoms with Crippen LogP contribution in [0.3, 0.4) is 0 Å². The SMILES string of the molecule is COCCOCC1CCN(C(=O)c2cc(Cl)sc2Cl)CC1. The third-order valence-electron chi connectivity index (χ3n) is 3.57. The van der Waals surface area contributed by atoms with Crippen molar-refractivity contribution >= 4 is 40.4 Å². The van der Waals surface area contributed by atoms with Gasteiger partial charge in [0.15, 0.2) is 0 Å². The fourth-order valence-electron chi connectivity index (χ4n) is 2.35. The zero-order valence-corrected chi connectivity index (χ0v) is 14.3.